The molecule has 7 aromatic rings. The van der Waals surface area contributed by atoms with E-state index in [1.54, 1.807) is 0 Å². The van der Waals surface area contributed by atoms with Gasteiger partial charge < -0.3 is 9.30 Å². The molecule has 0 fully saturated rings. The van der Waals surface area contributed by atoms with Gasteiger partial charge >= 0.3 is 21.1 Å². The molecule has 0 aliphatic carbocycles. The minimum Gasteiger partial charge on any atom is -0.509 e. The normalized spacial score (nSPS) is 11.4. The molecule has 0 aliphatic heterocycles. The van der Waals surface area contributed by atoms with E-state index in [0.717, 1.165) is 69.5 Å². The van der Waals surface area contributed by atoms with Crippen molar-refractivity contribution in [2.75, 3.05) is 0 Å². The molecular formula is C43H42N4OPt. The maximum Gasteiger partial charge on any atom is 2.00 e. The van der Waals surface area contributed by atoms with Crippen LogP contribution in [0.4, 0.5) is 0 Å². The molecule has 0 unspecified atom stereocenters. The molecule has 6 heteroatoms. The Morgan fingerprint density at radius 1 is 0.796 bits per heavy atom. The van der Waals surface area contributed by atoms with E-state index in [0.29, 0.717) is 11.5 Å². The Morgan fingerprint density at radius 3 is 2.33 bits per heavy atom. The third kappa shape index (κ3) is 6.49. The fourth-order valence-corrected chi connectivity index (χ4v) is 6.91. The molecule has 3 heterocycles. The van der Waals surface area contributed by atoms with Gasteiger partial charge in [0.15, 0.2) is 0 Å². The smallest absolute Gasteiger partial charge is 0.509 e. The van der Waals surface area contributed by atoms with E-state index in [2.05, 4.69) is 138 Å². The van der Waals surface area contributed by atoms with Gasteiger partial charge in [-0.15, -0.1) is 41.3 Å². The summed E-state index contributed by atoms with van der Waals surface area (Å²) in [4.78, 5) is 4.82. The van der Waals surface area contributed by atoms with Gasteiger partial charge in [-0.25, -0.2) is 4.98 Å². The quantitative estimate of drug-likeness (QED) is 0.136. The molecule has 4 aromatic carbocycles. The summed E-state index contributed by atoms with van der Waals surface area (Å²) in [6, 6.07) is 34.8. The molecule has 5 nitrogen and oxygen atoms in total. The van der Waals surface area contributed by atoms with Gasteiger partial charge in [0.25, 0.3) is 0 Å². The summed E-state index contributed by atoms with van der Waals surface area (Å²) >= 11 is 0. The van der Waals surface area contributed by atoms with E-state index >= 15 is 0 Å². The van der Waals surface area contributed by atoms with E-state index < -0.39 is 0 Å². The van der Waals surface area contributed by atoms with E-state index in [1.165, 1.54) is 27.8 Å². The number of nitrogens with zero attached hydrogens (tertiary/aromatic N) is 4. The topological polar surface area (TPSA) is 44.9 Å². The number of para-hydroxylation sites is 1. The summed E-state index contributed by atoms with van der Waals surface area (Å²) < 4.78 is 10.8. The van der Waals surface area contributed by atoms with Crippen LogP contribution in [-0.2, 0) is 27.5 Å². The van der Waals surface area contributed by atoms with Crippen LogP contribution in [0.3, 0.4) is 0 Å². The Balaban J connectivity index is 0.00000417. The van der Waals surface area contributed by atoms with Crippen LogP contribution in [0, 0.1) is 39.8 Å². The Hall–Kier alpha value is -4.47. The number of benzene rings is 4. The zero-order chi connectivity index (χ0) is 33.5. The van der Waals surface area contributed by atoms with Crippen molar-refractivity contribution < 1.29 is 25.8 Å². The van der Waals surface area contributed by atoms with Gasteiger partial charge in [-0.3, -0.25) is 4.68 Å². The van der Waals surface area contributed by atoms with Crippen LogP contribution in [0.1, 0.15) is 73.2 Å². The maximum absolute atomic E-state index is 6.62. The van der Waals surface area contributed by atoms with Crippen molar-refractivity contribution in [3.05, 3.63) is 131 Å². The molecule has 0 saturated carbocycles. The van der Waals surface area contributed by atoms with E-state index in [-0.39, 0.29) is 27.0 Å². The first-order valence-electron chi connectivity index (χ1n) is 17.0. The van der Waals surface area contributed by atoms with Crippen molar-refractivity contribution >= 4 is 21.8 Å². The molecule has 49 heavy (non-hydrogen) atoms. The molecule has 0 aliphatic rings. The van der Waals surface area contributed by atoms with Crippen LogP contribution in [-0.4, -0.2) is 19.3 Å². The van der Waals surface area contributed by atoms with Gasteiger partial charge in [0.2, 0.25) is 0 Å². The Kier molecular flexibility index (Phi) is 9.95. The summed E-state index contributed by atoms with van der Waals surface area (Å²) in [5.41, 5.74) is 12.3. The van der Waals surface area contributed by atoms with Crippen LogP contribution in [0.15, 0.2) is 85.1 Å². The number of aryl methyl sites for hydroxylation is 4. The van der Waals surface area contributed by atoms with E-state index in [1.807, 2.05) is 16.9 Å². The van der Waals surface area contributed by atoms with Gasteiger partial charge in [-0.2, -0.15) is 11.2 Å². The number of hydrogen-bond acceptors (Lipinski definition) is 3. The summed E-state index contributed by atoms with van der Waals surface area (Å²) in [6.45, 7) is 15.2. The molecule has 0 spiro atoms. The van der Waals surface area contributed by atoms with Crippen LogP contribution in [0.2, 0.25) is 0 Å². The molecule has 0 bridgehead atoms. The SMILES string of the molecule is CCCCc1ccnc(-n2c3[c-]c(Oc4[c-]c(-n5nc(C)c(-c6c(C)cccc6C)c5C)cc(C(C)C)c4)ccc3c3ccccc32)c1.[Pt+2]. The molecule has 3 aromatic heterocycles. The monoisotopic (exact) mass is 825 g/mol. The molecular weight excluding hydrogens is 784 g/mol. The van der Waals surface area contributed by atoms with Crippen LogP contribution in [0.25, 0.3) is 44.4 Å². The number of unbranched alkanes of at least 4 members (excludes halogenated alkanes) is 1. The van der Waals surface area contributed by atoms with Crippen LogP contribution < -0.4 is 4.74 Å². The number of aromatic nitrogens is 4. The molecule has 0 N–H and O–H groups in total. The average Bonchev–Trinajstić information content (AvgIpc) is 3.56. The number of hydrogen-bond donors (Lipinski definition) is 0. The Labute approximate surface area is 304 Å². The van der Waals surface area contributed by atoms with Crippen molar-refractivity contribution in [2.24, 2.45) is 0 Å². The van der Waals surface area contributed by atoms with E-state index in [4.69, 9.17) is 14.8 Å². The second kappa shape index (κ2) is 14.2. The van der Waals surface area contributed by atoms with Crippen molar-refractivity contribution in [3.63, 3.8) is 0 Å². The standard InChI is InChI=1S/C43H42N4O.Pt/c1-8-9-15-32-20-21-44-41(22-32)46-39-17-11-10-16-37(39)38-19-18-35(26-40(38)46)48-36-24-33(27(2)3)23-34(25-36)47-31(7)43(30(6)45-47)42-28(4)13-12-14-29(42)5;/h10-14,16-24,27H,8-9,15H2,1-7H3;/q-2;+2. The summed E-state index contributed by atoms with van der Waals surface area (Å²) in [6.07, 6.45) is 5.26. The third-order valence-electron chi connectivity index (χ3n) is 9.40. The first-order valence-corrected chi connectivity index (χ1v) is 17.0. The minimum absolute atomic E-state index is 0. The van der Waals surface area contributed by atoms with Crippen molar-refractivity contribution in [1.29, 1.82) is 0 Å². The summed E-state index contributed by atoms with van der Waals surface area (Å²) in [7, 11) is 0. The van der Waals surface area contributed by atoms with Gasteiger partial charge in [-0.05, 0) is 98.0 Å². The predicted molar refractivity (Wildman–Crippen MR) is 197 cm³/mol. The zero-order valence-corrected chi connectivity index (χ0v) is 31.6. The molecule has 7 rings (SSSR count). The fourth-order valence-electron chi connectivity index (χ4n) is 6.91. The molecule has 0 saturated heterocycles. The second-order valence-corrected chi connectivity index (χ2v) is 13.2. The summed E-state index contributed by atoms with van der Waals surface area (Å²) in [5, 5.41) is 7.31. The van der Waals surface area contributed by atoms with Crippen molar-refractivity contribution in [2.45, 2.75) is 73.6 Å². The third-order valence-corrected chi connectivity index (χ3v) is 9.40. The Bertz CT molecular complexity index is 2270. The average molecular weight is 826 g/mol. The van der Waals surface area contributed by atoms with Crippen molar-refractivity contribution in [3.8, 4) is 34.1 Å². The fraction of sp³-hybridized carbons (Fsp3) is 0.256. The first kappa shape index (κ1) is 34.4. The Morgan fingerprint density at radius 2 is 1.57 bits per heavy atom. The van der Waals surface area contributed by atoms with Crippen LogP contribution >= 0.6 is 0 Å². The predicted octanol–water partition coefficient (Wildman–Crippen LogP) is 11.1. The number of rotatable bonds is 9. The molecule has 250 valence electrons. The largest absolute Gasteiger partial charge is 2.00 e. The maximum atomic E-state index is 6.62. The summed E-state index contributed by atoms with van der Waals surface area (Å²) in [5.74, 6) is 2.44. The molecule has 0 amide bonds. The van der Waals surface area contributed by atoms with Crippen LogP contribution in [0.5, 0.6) is 11.5 Å². The first-order chi connectivity index (χ1) is 23.2. The number of pyridine rings is 1. The number of fused-ring (bicyclic) bond motifs is 3. The van der Waals surface area contributed by atoms with Crippen molar-refractivity contribution in [1.82, 2.24) is 19.3 Å². The minimum atomic E-state index is 0. The number of ether oxygens (including phenoxy) is 1. The molecule has 0 atom stereocenters. The van der Waals surface area contributed by atoms with Gasteiger partial charge in [0.1, 0.15) is 5.82 Å². The van der Waals surface area contributed by atoms with E-state index in [9.17, 15) is 0 Å². The van der Waals surface area contributed by atoms with Gasteiger partial charge in [-0.1, -0.05) is 69.1 Å². The second-order valence-electron chi connectivity index (χ2n) is 13.2. The van der Waals surface area contributed by atoms with Gasteiger partial charge in [0.05, 0.1) is 5.69 Å². The molecule has 0 radical (unpaired) electrons. The van der Waals surface area contributed by atoms with Gasteiger partial charge in [0, 0.05) is 34.5 Å². The zero-order valence-electron chi connectivity index (χ0n) is 29.3.